The summed E-state index contributed by atoms with van der Waals surface area (Å²) in [6, 6.07) is 6.36. The first-order chi connectivity index (χ1) is 10.0. The third-order valence-corrected chi connectivity index (χ3v) is 4.31. The van der Waals surface area contributed by atoms with Gasteiger partial charge in [-0.05, 0) is 37.0 Å². The summed E-state index contributed by atoms with van der Waals surface area (Å²) < 4.78 is 0. The fourth-order valence-corrected chi connectivity index (χ4v) is 3.29. The molecular formula is C16H24ClN3O. The van der Waals surface area contributed by atoms with E-state index in [1.165, 1.54) is 25.7 Å². The first-order valence-electron chi connectivity index (χ1n) is 7.57. The van der Waals surface area contributed by atoms with Crippen LogP contribution in [0.5, 0.6) is 0 Å². The van der Waals surface area contributed by atoms with Crippen molar-refractivity contribution in [1.29, 1.82) is 0 Å². The monoisotopic (exact) mass is 309 g/mol. The van der Waals surface area contributed by atoms with Crippen LogP contribution < -0.4 is 10.6 Å². The Hall–Kier alpha value is -1.42. The Labute approximate surface area is 131 Å². The number of hydrogen-bond donors (Lipinski definition) is 2. The number of rotatable bonds is 5. The molecule has 21 heavy (non-hydrogen) atoms. The maximum Gasteiger partial charge on any atom is 0.171 e. The highest BCUT2D eigenvalue weighted by molar-refractivity contribution is 6.34. The number of amidine groups is 1. The molecule has 0 atom stereocenters. The van der Waals surface area contributed by atoms with Crippen LogP contribution in [0.15, 0.2) is 23.4 Å². The topological polar surface area (TPSA) is 61.8 Å². The zero-order valence-corrected chi connectivity index (χ0v) is 13.5. The van der Waals surface area contributed by atoms with Gasteiger partial charge < -0.3 is 15.8 Å². The van der Waals surface area contributed by atoms with E-state index >= 15 is 0 Å². The van der Waals surface area contributed by atoms with Crippen molar-refractivity contribution < 1.29 is 5.21 Å². The van der Waals surface area contributed by atoms with Crippen LogP contribution in [-0.2, 0) is 0 Å². The Morgan fingerprint density at radius 3 is 2.62 bits per heavy atom. The van der Waals surface area contributed by atoms with Gasteiger partial charge in [0.15, 0.2) is 5.84 Å². The number of oxime groups is 1. The molecule has 0 aliphatic heterocycles. The van der Waals surface area contributed by atoms with Gasteiger partial charge in [-0.15, -0.1) is 0 Å². The summed E-state index contributed by atoms with van der Waals surface area (Å²) in [7, 11) is 0. The number of hydrogen-bond acceptors (Lipinski definition) is 3. The molecule has 4 nitrogen and oxygen atoms in total. The molecule has 1 fully saturated rings. The van der Waals surface area contributed by atoms with E-state index < -0.39 is 0 Å². The number of halogens is 1. The Morgan fingerprint density at radius 2 is 2.10 bits per heavy atom. The lowest BCUT2D eigenvalue weighted by molar-refractivity contribution is 0.318. The first kappa shape index (κ1) is 16.0. The fraction of sp³-hybridized carbons (Fsp3) is 0.562. The average Bonchev–Trinajstić information content (AvgIpc) is 2.97. The van der Waals surface area contributed by atoms with Gasteiger partial charge >= 0.3 is 0 Å². The van der Waals surface area contributed by atoms with Gasteiger partial charge in [0.2, 0.25) is 0 Å². The predicted octanol–water partition coefficient (Wildman–Crippen LogP) is 3.84. The largest absolute Gasteiger partial charge is 0.409 e. The van der Waals surface area contributed by atoms with E-state index in [0.29, 0.717) is 22.5 Å². The smallest absolute Gasteiger partial charge is 0.171 e. The molecule has 0 heterocycles. The highest BCUT2D eigenvalue weighted by Crippen LogP contribution is 2.31. The molecule has 1 aliphatic rings. The number of nitrogens with two attached hydrogens (primary N) is 1. The third kappa shape index (κ3) is 3.82. The number of anilines is 1. The molecular weight excluding hydrogens is 286 g/mol. The zero-order chi connectivity index (χ0) is 15.4. The molecule has 2 rings (SSSR count). The fourth-order valence-electron chi connectivity index (χ4n) is 3.02. The molecule has 1 saturated carbocycles. The molecule has 1 aromatic carbocycles. The molecule has 5 heteroatoms. The molecule has 1 aromatic rings. The zero-order valence-electron chi connectivity index (χ0n) is 12.7. The second-order valence-corrected chi connectivity index (χ2v) is 6.54. The average molecular weight is 310 g/mol. The Kier molecular flexibility index (Phi) is 5.34. The van der Waals surface area contributed by atoms with Crippen molar-refractivity contribution >= 4 is 23.1 Å². The van der Waals surface area contributed by atoms with Gasteiger partial charge in [-0.3, -0.25) is 0 Å². The minimum absolute atomic E-state index is 0.0443. The van der Waals surface area contributed by atoms with Crippen molar-refractivity contribution in [2.75, 3.05) is 11.4 Å². The van der Waals surface area contributed by atoms with Crippen LogP contribution in [0, 0.1) is 5.92 Å². The van der Waals surface area contributed by atoms with Crippen molar-refractivity contribution in [3.8, 4) is 0 Å². The van der Waals surface area contributed by atoms with Crippen LogP contribution in [0.3, 0.4) is 0 Å². The van der Waals surface area contributed by atoms with Crippen molar-refractivity contribution in [1.82, 2.24) is 0 Å². The lowest BCUT2D eigenvalue weighted by Crippen LogP contribution is -2.36. The minimum Gasteiger partial charge on any atom is -0.409 e. The van der Waals surface area contributed by atoms with E-state index in [1.807, 2.05) is 18.2 Å². The highest BCUT2D eigenvalue weighted by Gasteiger charge is 2.24. The molecule has 0 spiro atoms. The summed E-state index contributed by atoms with van der Waals surface area (Å²) in [6.45, 7) is 5.48. The van der Waals surface area contributed by atoms with E-state index in [2.05, 4.69) is 23.9 Å². The Bertz CT molecular complexity index is 510. The quantitative estimate of drug-likeness (QED) is 0.376. The molecule has 0 aromatic heterocycles. The van der Waals surface area contributed by atoms with Crippen LogP contribution in [-0.4, -0.2) is 23.6 Å². The van der Waals surface area contributed by atoms with Crippen molar-refractivity contribution in [3.63, 3.8) is 0 Å². The molecule has 3 N–H and O–H groups in total. The molecule has 0 radical (unpaired) electrons. The molecule has 0 unspecified atom stereocenters. The lowest BCUT2D eigenvalue weighted by atomic mass is 10.1. The summed E-state index contributed by atoms with van der Waals surface area (Å²) in [5.74, 6) is 0.635. The van der Waals surface area contributed by atoms with Gasteiger partial charge in [0.05, 0.1) is 5.02 Å². The Morgan fingerprint density at radius 1 is 1.43 bits per heavy atom. The second kappa shape index (κ2) is 7.03. The maximum absolute atomic E-state index is 8.78. The maximum atomic E-state index is 8.78. The summed E-state index contributed by atoms with van der Waals surface area (Å²) in [6.07, 6.45) is 5.09. The normalized spacial score (nSPS) is 16.7. The van der Waals surface area contributed by atoms with E-state index in [4.69, 9.17) is 22.5 Å². The molecule has 0 amide bonds. The Balaban J connectivity index is 2.29. The van der Waals surface area contributed by atoms with Gasteiger partial charge in [0.1, 0.15) is 0 Å². The van der Waals surface area contributed by atoms with Crippen LogP contribution in [0.4, 0.5) is 5.69 Å². The standard InChI is InChI=1S/C16H24ClN3O/c1-11(2)10-20(12-5-3-4-6-12)13-7-8-14(15(17)9-13)16(18)19-21/h7-9,11-12,21H,3-6,10H2,1-2H3,(H2,18,19). The van der Waals surface area contributed by atoms with Crippen LogP contribution >= 0.6 is 11.6 Å². The van der Waals surface area contributed by atoms with Crippen LogP contribution in [0.2, 0.25) is 5.02 Å². The highest BCUT2D eigenvalue weighted by atomic mass is 35.5. The van der Waals surface area contributed by atoms with E-state index in [9.17, 15) is 0 Å². The molecule has 0 saturated heterocycles. The second-order valence-electron chi connectivity index (χ2n) is 6.13. The molecule has 0 bridgehead atoms. The SMILES string of the molecule is CC(C)CN(c1ccc(/C(N)=N/O)c(Cl)c1)C1CCCC1. The van der Waals surface area contributed by atoms with Gasteiger partial charge in [0, 0.05) is 23.8 Å². The van der Waals surface area contributed by atoms with Crippen molar-refractivity contribution in [2.45, 2.75) is 45.6 Å². The van der Waals surface area contributed by atoms with Crippen molar-refractivity contribution in [3.05, 3.63) is 28.8 Å². The predicted molar refractivity (Wildman–Crippen MR) is 88.4 cm³/mol. The summed E-state index contributed by atoms with van der Waals surface area (Å²) in [4.78, 5) is 2.46. The first-order valence-corrected chi connectivity index (χ1v) is 7.94. The van der Waals surface area contributed by atoms with Crippen molar-refractivity contribution in [2.24, 2.45) is 16.8 Å². The summed E-state index contributed by atoms with van der Waals surface area (Å²) >= 11 is 6.29. The van der Waals surface area contributed by atoms with Gasteiger partial charge in [-0.25, -0.2) is 0 Å². The molecule has 116 valence electrons. The van der Waals surface area contributed by atoms with Crippen LogP contribution in [0.1, 0.15) is 45.1 Å². The summed E-state index contributed by atoms with van der Waals surface area (Å²) in [5, 5.41) is 12.3. The number of nitrogens with zero attached hydrogens (tertiary/aromatic N) is 2. The number of benzene rings is 1. The van der Waals surface area contributed by atoms with Gasteiger partial charge in [0.25, 0.3) is 0 Å². The lowest BCUT2D eigenvalue weighted by Gasteiger charge is -2.33. The third-order valence-electron chi connectivity index (χ3n) is 4.00. The van der Waals surface area contributed by atoms with Crippen LogP contribution in [0.25, 0.3) is 0 Å². The van der Waals surface area contributed by atoms with Gasteiger partial charge in [-0.2, -0.15) is 0 Å². The minimum atomic E-state index is 0.0443. The molecule has 1 aliphatic carbocycles. The van der Waals surface area contributed by atoms with E-state index in [0.717, 1.165) is 12.2 Å². The van der Waals surface area contributed by atoms with E-state index in [1.54, 1.807) is 0 Å². The van der Waals surface area contributed by atoms with E-state index in [-0.39, 0.29) is 5.84 Å². The van der Waals surface area contributed by atoms with Gasteiger partial charge in [-0.1, -0.05) is 43.4 Å². The summed E-state index contributed by atoms with van der Waals surface area (Å²) in [5.41, 5.74) is 7.31.